The molecule has 0 aliphatic rings. The van der Waals surface area contributed by atoms with Gasteiger partial charge in [0, 0.05) is 16.8 Å². The van der Waals surface area contributed by atoms with Gasteiger partial charge >= 0.3 is 5.97 Å². The quantitative estimate of drug-likeness (QED) is 0.410. The van der Waals surface area contributed by atoms with Crippen LogP contribution in [-0.2, 0) is 9.53 Å². The Balaban J connectivity index is 1.73. The number of hydrogen-bond donors (Lipinski definition) is 1. The number of rotatable bonds is 7. The maximum atomic E-state index is 13.3. The van der Waals surface area contributed by atoms with Crippen molar-refractivity contribution >= 4 is 40.9 Å². The number of nitrogens with one attached hydrogen (secondary N) is 1. The summed E-state index contributed by atoms with van der Waals surface area (Å²) in [7, 11) is 1.45. The standard InChI is InChI=1S/C21H19ClFN3O4S/c1-12-8-16(18(29-2)9-15(12)22)25-19(27)11-30-20(28)17-10-24-21(31-3)26(17)14-6-4-13(23)5-7-14/h4-10H,11H2,1-3H3,(H,25,27). The maximum Gasteiger partial charge on any atom is 0.357 e. The average molecular weight is 464 g/mol. The second-order valence-electron chi connectivity index (χ2n) is 6.37. The molecule has 31 heavy (non-hydrogen) atoms. The van der Waals surface area contributed by atoms with Gasteiger partial charge in [0.25, 0.3) is 5.91 Å². The van der Waals surface area contributed by atoms with Crippen LogP contribution in [0.1, 0.15) is 16.1 Å². The molecule has 0 saturated heterocycles. The third-order valence-electron chi connectivity index (χ3n) is 4.30. The van der Waals surface area contributed by atoms with Crippen molar-refractivity contribution in [1.29, 1.82) is 0 Å². The average Bonchev–Trinajstić information content (AvgIpc) is 3.19. The van der Waals surface area contributed by atoms with Crippen LogP contribution in [0.5, 0.6) is 5.75 Å². The molecule has 1 amide bonds. The molecule has 3 aromatic rings. The molecule has 0 aliphatic heterocycles. The molecule has 10 heteroatoms. The molecule has 1 aromatic heterocycles. The Labute approximate surface area is 187 Å². The Hall–Kier alpha value is -3.04. The van der Waals surface area contributed by atoms with E-state index >= 15 is 0 Å². The highest BCUT2D eigenvalue weighted by atomic mass is 35.5. The number of nitrogens with zero attached hydrogens (tertiary/aromatic N) is 2. The molecule has 162 valence electrons. The van der Waals surface area contributed by atoms with Crippen molar-refractivity contribution in [2.45, 2.75) is 12.1 Å². The van der Waals surface area contributed by atoms with Gasteiger partial charge in [-0.3, -0.25) is 9.36 Å². The first-order valence-corrected chi connectivity index (χ1v) is 10.6. The minimum Gasteiger partial charge on any atom is -0.495 e. The van der Waals surface area contributed by atoms with Crippen LogP contribution in [0, 0.1) is 12.7 Å². The molecule has 0 aliphatic carbocycles. The lowest BCUT2D eigenvalue weighted by Gasteiger charge is -2.13. The van der Waals surface area contributed by atoms with Gasteiger partial charge < -0.3 is 14.8 Å². The molecule has 0 saturated carbocycles. The lowest BCUT2D eigenvalue weighted by atomic mass is 10.2. The number of ether oxygens (including phenoxy) is 2. The SMILES string of the molecule is COc1cc(Cl)c(C)cc1NC(=O)COC(=O)c1cnc(SC)n1-c1ccc(F)cc1. The minimum atomic E-state index is -0.744. The number of esters is 1. The molecule has 0 atom stereocenters. The van der Waals surface area contributed by atoms with Crippen molar-refractivity contribution in [3.8, 4) is 11.4 Å². The van der Waals surface area contributed by atoms with Gasteiger partial charge in [-0.1, -0.05) is 23.4 Å². The fourth-order valence-electron chi connectivity index (χ4n) is 2.78. The second-order valence-corrected chi connectivity index (χ2v) is 7.55. The van der Waals surface area contributed by atoms with Gasteiger partial charge in [0.2, 0.25) is 0 Å². The summed E-state index contributed by atoms with van der Waals surface area (Å²) in [5.41, 5.74) is 1.82. The van der Waals surface area contributed by atoms with E-state index < -0.39 is 24.3 Å². The second kappa shape index (κ2) is 9.84. The van der Waals surface area contributed by atoms with Crippen molar-refractivity contribution < 1.29 is 23.5 Å². The third kappa shape index (κ3) is 5.18. The largest absolute Gasteiger partial charge is 0.495 e. The normalized spacial score (nSPS) is 10.6. The maximum absolute atomic E-state index is 13.3. The highest BCUT2D eigenvalue weighted by Gasteiger charge is 2.20. The molecule has 1 heterocycles. The van der Waals surface area contributed by atoms with Gasteiger partial charge in [0.15, 0.2) is 17.5 Å². The van der Waals surface area contributed by atoms with Crippen LogP contribution in [0.4, 0.5) is 10.1 Å². The number of methoxy groups -OCH3 is 1. The van der Waals surface area contributed by atoms with Crippen molar-refractivity contribution in [3.05, 3.63) is 64.7 Å². The van der Waals surface area contributed by atoms with Crippen molar-refractivity contribution in [2.24, 2.45) is 0 Å². The van der Waals surface area contributed by atoms with E-state index in [0.29, 0.717) is 27.3 Å². The zero-order valence-electron chi connectivity index (χ0n) is 16.9. The molecule has 0 bridgehead atoms. The van der Waals surface area contributed by atoms with E-state index in [-0.39, 0.29) is 5.69 Å². The topological polar surface area (TPSA) is 82.4 Å². The van der Waals surface area contributed by atoms with E-state index in [9.17, 15) is 14.0 Å². The number of anilines is 1. The van der Waals surface area contributed by atoms with E-state index in [0.717, 1.165) is 5.56 Å². The zero-order chi connectivity index (χ0) is 22.5. The lowest BCUT2D eigenvalue weighted by molar-refractivity contribution is -0.119. The first kappa shape index (κ1) is 22.6. The van der Waals surface area contributed by atoms with Crippen molar-refractivity contribution in [1.82, 2.24) is 9.55 Å². The Bertz CT molecular complexity index is 1120. The monoisotopic (exact) mass is 463 g/mol. The third-order valence-corrected chi connectivity index (χ3v) is 5.36. The van der Waals surface area contributed by atoms with E-state index in [1.807, 2.05) is 0 Å². The Morgan fingerprint density at radius 2 is 1.97 bits per heavy atom. The van der Waals surface area contributed by atoms with Gasteiger partial charge in [-0.25, -0.2) is 14.2 Å². The molecule has 0 fully saturated rings. The van der Waals surface area contributed by atoms with Gasteiger partial charge in [0.1, 0.15) is 11.6 Å². The Morgan fingerprint density at radius 3 is 2.61 bits per heavy atom. The van der Waals surface area contributed by atoms with Crippen LogP contribution < -0.4 is 10.1 Å². The number of hydrogen-bond acceptors (Lipinski definition) is 6. The van der Waals surface area contributed by atoms with Crippen molar-refractivity contribution in [3.63, 3.8) is 0 Å². The summed E-state index contributed by atoms with van der Waals surface area (Å²) in [6.07, 6.45) is 3.15. The van der Waals surface area contributed by atoms with Crippen LogP contribution in [-0.4, -0.2) is 41.4 Å². The molecule has 0 unspecified atom stereocenters. The highest BCUT2D eigenvalue weighted by molar-refractivity contribution is 7.98. The number of halogens is 2. The predicted octanol–water partition coefficient (Wildman–Crippen LogP) is 4.50. The molecule has 0 spiro atoms. The number of carbonyl (C=O) groups is 2. The first-order valence-electron chi connectivity index (χ1n) is 9.02. The van der Waals surface area contributed by atoms with Crippen LogP contribution >= 0.6 is 23.4 Å². The van der Waals surface area contributed by atoms with E-state index in [4.69, 9.17) is 21.1 Å². The van der Waals surface area contributed by atoms with Crippen LogP contribution in [0.2, 0.25) is 5.02 Å². The van der Waals surface area contributed by atoms with Gasteiger partial charge in [-0.2, -0.15) is 0 Å². The first-order chi connectivity index (χ1) is 14.8. The molecule has 7 nitrogen and oxygen atoms in total. The molecule has 2 aromatic carbocycles. The summed E-state index contributed by atoms with van der Waals surface area (Å²) < 4.78 is 25.2. The number of carbonyl (C=O) groups excluding carboxylic acids is 2. The number of thioether (sulfide) groups is 1. The number of aromatic nitrogens is 2. The number of benzene rings is 2. The summed E-state index contributed by atoms with van der Waals surface area (Å²) in [5.74, 6) is -1.31. The van der Waals surface area contributed by atoms with Crippen LogP contribution in [0.3, 0.4) is 0 Å². The summed E-state index contributed by atoms with van der Waals surface area (Å²) >= 11 is 7.38. The molecular formula is C21H19ClFN3O4S. The smallest absolute Gasteiger partial charge is 0.357 e. The highest BCUT2D eigenvalue weighted by Crippen LogP contribution is 2.31. The fraction of sp³-hybridized carbons (Fsp3) is 0.190. The van der Waals surface area contributed by atoms with E-state index in [2.05, 4.69) is 10.3 Å². The molecular weight excluding hydrogens is 445 g/mol. The summed E-state index contributed by atoms with van der Waals surface area (Å²) in [6, 6.07) is 8.86. The molecule has 0 radical (unpaired) electrons. The fourth-order valence-corrected chi connectivity index (χ4v) is 3.48. The number of aryl methyl sites for hydroxylation is 1. The Kier molecular flexibility index (Phi) is 7.19. The van der Waals surface area contributed by atoms with E-state index in [1.165, 1.54) is 53.9 Å². The molecule has 3 rings (SSSR count). The van der Waals surface area contributed by atoms with Gasteiger partial charge in [-0.15, -0.1) is 0 Å². The minimum absolute atomic E-state index is 0.115. The van der Waals surface area contributed by atoms with Gasteiger partial charge in [0.05, 0.1) is 19.0 Å². The number of imidazole rings is 1. The summed E-state index contributed by atoms with van der Waals surface area (Å²) in [4.78, 5) is 29.1. The lowest BCUT2D eigenvalue weighted by Crippen LogP contribution is -2.22. The summed E-state index contributed by atoms with van der Waals surface area (Å²) in [5, 5.41) is 3.66. The van der Waals surface area contributed by atoms with Crippen molar-refractivity contribution in [2.75, 3.05) is 25.3 Å². The van der Waals surface area contributed by atoms with Crippen LogP contribution in [0.25, 0.3) is 5.69 Å². The zero-order valence-corrected chi connectivity index (χ0v) is 18.5. The van der Waals surface area contributed by atoms with Crippen LogP contribution in [0.15, 0.2) is 47.8 Å². The Morgan fingerprint density at radius 1 is 1.26 bits per heavy atom. The number of amides is 1. The summed E-state index contributed by atoms with van der Waals surface area (Å²) in [6.45, 7) is 1.27. The van der Waals surface area contributed by atoms with E-state index in [1.54, 1.807) is 25.3 Å². The van der Waals surface area contributed by atoms with Gasteiger partial charge in [-0.05, 0) is 49.1 Å². The molecule has 1 N–H and O–H groups in total. The predicted molar refractivity (Wildman–Crippen MR) is 117 cm³/mol.